The van der Waals surface area contributed by atoms with Crippen molar-refractivity contribution in [2.24, 2.45) is 5.92 Å². The smallest absolute Gasteiger partial charge is 0.261 e. The normalized spacial score (nSPS) is 22.3. The van der Waals surface area contributed by atoms with E-state index in [-0.39, 0.29) is 23.6 Å². The lowest BCUT2D eigenvalue weighted by molar-refractivity contribution is -0.128. The van der Waals surface area contributed by atoms with Crippen LogP contribution < -0.4 is 10.1 Å². The zero-order chi connectivity index (χ0) is 15.2. The fourth-order valence-electron chi connectivity index (χ4n) is 2.54. The summed E-state index contributed by atoms with van der Waals surface area (Å²) >= 11 is 0. The molecule has 1 saturated carbocycles. The Morgan fingerprint density at radius 1 is 1.52 bits per heavy atom. The van der Waals surface area contributed by atoms with E-state index < -0.39 is 11.9 Å². The van der Waals surface area contributed by atoms with E-state index in [2.05, 4.69) is 11.4 Å². The van der Waals surface area contributed by atoms with Crippen molar-refractivity contribution >= 4 is 5.91 Å². The van der Waals surface area contributed by atoms with Crippen molar-refractivity contribution in [3.05, 3.63) is 30.1 Å². The Labute approximate surface area is 123 Å². The van der Waals surface area contributed by atoms with Crippen molar-refractivity contribution in [2.75, 3.05) is 0 Å². The van der Waals surface area contributed by atoms with Gasteiger partial charge in [0.25, 0.3) is 5.91 Å². The second-order valence-corrected chi connectivity index (χ2v) is 5.29. The van der Waals surface area contributed by atoms with Gasteiger partial charge in [-0.15, -0.1) is 0 Å². The number of hydrogen-bond donors (Lipinski definition) is 1. The molecule has 4 nitrogen and oxygen atoms in total. The highest BCUT2D eigenvalue weighted by Gasteiger charge is 2.28. The molecule has 0 heterocycles. The van der Waals surface area contributed by atoms with Crippen LogP contribution in [0.3, 0.4) is 0 Å². The first kappa shape index (κ1) is 15.3. The highest BCUT2D eigenvalue weighted by Crippen LogP contribution is 2.25. The van der Waals surface area contributed by atoms with Crippen LogP contribution in [0.5, 0.6) is 5.75 Å². The van der Waals surface area contributed by atoms with Gasteiger partial charge in [-0.1, -0.05) is 19.1 Å². The molecule has 3 unspecified atom stereocenters. The summed E-state index contributed by atoms with van der Waals surface area (Å²) in [6.07, 6.45) is 2.03. The lowest BCUT2D eigenvalue weighted by Crippen LogP contribution is -2.42. The van der Waals surface area contributed by atoms with Crippen molar-refractivity contribution in [1.82, 2.24) is 5.32 Å². The number of halogens is 1. The first-order valence-corrected chi connectivity index (χ1v) is 7.25. The van der Waals surface area contributed by atoms with E-state index in [4.69, 9.17) is 10.00 Å². The van der Waals surface area contributed by atoms with Gasteiger partial charge in [-0.2, -0.15) is 5.26 Å². The zero-order valence-corrected chi connectivity index (χ0v) is 12.0. The molecule has 1 fully saturated rings. The van der Waals surface area contributed by atoms with Crippen molar-refractivity contribution < 1.29 is 13.9 Å². The summed E-state index contributed by atoms with van der Waals surface area (Å²) in [7, 11) is 0. The Kier molecular flexibility index (Phi) is 5.15. The molecule has 1 aromatic rings. The summed E-state index contributed by atoms with van der Waals surface area (Å²) in [5.41, 5.74) is 0. The van der Waals surface area contributed by atoms with Gasteiger partial charge >= 0.3 is 0 Å². The Balaban J connectivity index is 1.93. The van der Waals surface area contributed by atoms with Crippen LogP contribution in [-0.4, -0.2) is 18.1 Å². The van der Waals surface area contributed by atoms with Gasteiger partial charge in [-0.05, 0) is 37.8 Å². The molecule has 0 aliphatic heterocycles. The van der Waals surface area contributed by atoms with Crippen LogP contribution in [0.15, 0.2) is 24.3 Å². The van der Waals surface area contributed by atoms with Gasteiger partial charge < -0.3 is 10.1 Å². The number of nitrogens with zero attached hydrogens (tertiary/aromatic N) is 1. The van der Waals surface area contributed by atoms with E-state index in [1.54, 1.807) is 12.1 Å². The maximum atomic E-state index is 13.6. The van der Waals surface area contributed by atoms with Gasteiger partial charge in [-0.3, -0.25) is 4.79 Å². The van der Waals surface area contributed by atoms with Crippen LogP contribution in [0, 0.1) is 23.1 Å². The van der Waals surface area contributed by atoms with Gasteiger partial charge in [0, 0.05) is 12.0 Å². The van der Waals surface area contributed by atoms with Gasteiger partial charge in [-0.25, -0.2) is 4.39 Å². The summed E-state index contributed by atoms with van der Waals surface area (Å²) in [5.74, 6) is -0.623. The topological polar surface area (TPSA) is 62.1 Å². The fourth-order valence-corrected chi connectivity index (χ4v) is 2.54. The highest BCUT2D eigenvalue weighted by molar-refractivity contribution is 5.81. The molecular formula is C16H19FN2O2. The van der Waals surface area contributed by atoms with Crippen molar-refractivity contribution in [3.63, 3.8) is 0 Å². The fraction of sp³-hybridized carbons (Fsp3) is 0.500. The Bertz CT molecular complexity index is 541. The Morgan fingerprint density at radius 3 is 2.90 bits per heavy atom. The quantitative estimate of drug-likeness (QED) is 0.907. The maximum absolute atomic E-state index is 13.6. The van der Waals surface area contributed by atoms with Gasteiger partial charge in [0.15, 0.2) is 17.7 Å². The van der Waals surface area contributed by atoms with Gasteiger partial charge in [0.1, 0.15) is 0 Å². The minimum Gasteiger partial charge on any atom is -0.478 e. The molecule has 0 radical (unpaired) electrons. The number of amides is 1. The molecule has 1 aliphatic rings. The van der Waals surface area contributed by atoms with E-state index >= 15 is 0 Å². The average molecular weight is 290 g/mol. The van der Waals surface area contributed by atoms with Gasteiger partial charge in [0.05, 0.1) is 6.07 Å². The number of nitrogens with one attached hydrogen (secondary N) is 1. The highest BCUT2D eigenvalue weighted by atomic mass is 19.1. The monoisotopic (exact) mass is 290 g/mol. The molecule has 112 valence electrons. The number of para-hydroxylation sites is 1. The molecule has 0 aromatic heterocycles. The standard InChI is InChI=1S/C16H19FN2O2/c1-2-14(21-15-6-4-3-5-13(15)17)16(20)19-12-8-7-11(9-12)10-18/h3-6,11-12,14H,2,7-9H2,1H3,(H,19,20). The second-order valence-electron chi connectivity index (χ2n) is 5.29. The van der Waals surface area contributed by atoms with Crippen LogP contribution in [-0.2, 0) is 4.79 Å². The third-order valence-corrected chi connectivity index (χ3v) is 3.73. The number of ether oxygens (including phenoxy) is 1. The number of nitriles is 1. The lowest BCUT2D eigenvalue weighted by Gasteiger charge is -2.20. The molecule has 1 amide bonds. The van der Waals surface area contributed by atoms with Crippen LogP contribution >= 0.6 is 0 Å². The van der Waals surface area contributed by atoms with E-state index in [1.165, 1.54) is 12.1 Å². The molecule has 0 bridgehead atoms. The summed E-state index contributed by atoms with van der Waals surface area (Å²) in [4.78, 5) is 12.2. The van der Waals surface area contributed by atoms with Gasteiger partial charge in [0.2, 0.25) is 0 Å². The number of carbonyl (C=O) groups is 1. The number of rotatable bonds is 5. The Hall–Kier alpha value is -2.09. The molecule has 3 atom stereocenters. The van der Waals surface area contributed by atoms with E-state index in [1.807, 2.05) is 6.92 Å². The molecule has 21 heavy (non-hydrogen) atoms. The molecule has 0 saturated heterocycles. The van der Waals surface area contributed by atoms with E-state index in [0.29, 0.717) is 12.8 Å². The molecule has 5 heteroatoms. The van der Waals surface area contributed by atoms with Crippen molar-refractivity contribution in [1.29, 1.82) is 5.26 Å². The second kappa shape index (κ2) is 7.07. The summed E-state index contributed by atoms with van der Waals surface area (Å²) < 4.78 is 19.0. The van der Waals surface area contributed by atoms with Crippen LogP contribution in [0.1, 0.15) is 32.6 Å². The third-order valence-electron chi connectivity index (χ3n) is 3.73. The van der Waals surface area contributed by atoms with E-state index in [0.717, 1.165) is 12.8 Å². The Morgan fingerprint density at radius 2 is 2.29 bits per heavy atom. The van der Waals surface area contributed by atoms with Crippen LogP contribution in [0.2, 0.25) is 0 Å². The minimum absolute atomic E-state index is 0.0143. The number of hydrogen-bond acceptors (Lipinski definition) is 3. The van der Waals surface area contributed by atoms with Crippen molar-refractivity contribution in [3.8, 4) is 11.8 Å². The molecule has 0 spiro atoms. The predicted octanol–water partition coefficient (Wildman–Crippen LogP) is 2.79. The summed E-state index contributed by atoms with van der Waals surface area (Å²) in [6.45, 7) is 1.82. The number of carbonyl (C=O) groups excluding carboxylic acids is 1. The molecule has 1 aromatic carbocycles. The first-order valence-electron chi connectivity index (χ1n) is 7.25. The predicted molar refractivity (Wildman–Crippen MR) is 76.0 cm³/mol. The third kappa shape index (κ3) is 3.94. The maximum Gasteiger partial charge on any atom is 0.261 e. The largest absolute Gasteiger partial charge is 0.478 e. The summed E-state index contributed by atoms with van der Waals surface area (Å²) in [6, 6.07) is 8.28. The molecule has 2 rings (SSSR count). The molecule has 1 N–H and O–H groups in total. The SMILES string of the molecule is CCC(Oc1ccccc1F)C(=O)NC1CCC(C#N)C1. The van der Waals surface area contributed by atoms with Crippen LogP contribution in [0.4, 0.5) is 4.39 Å². The minimum atomic E-state index is -0.719. The lowest BCUT2D eigenvalue weighted by atomic mass is 10.1. The van der Waals surface area contributed by atoms with Crippen molar-refractivity contribution in [2.45, 2.75) is 44.8 Å². The zero-order valence-electron chi connectivity index (χ0n) is 12.0. The molecule has 1 aliphatic carbocycles. The summed E-state index contributed by atoms with van der Waals surface area (Å²) in [5, 5.41) is 11.8. The average Bonchev–Trinajstić information content (AvgIpc) is 2.94. The number of benzene rings is 1. The molecular weight excluding hydrogens is 271 g/mol. The first-order chi connectivity index (χ1) is 10.1. The van der Waals surface area contributed by atoms with E-state index in [9.17, 15) is 9.18 Å². The van der Waals surface area contributed by atoms with Crippen LogP contribution in [0.25, 0.3) is 0 Å².